The number of rotatable bonds is 8. The average molecular weight is 355 g/mol. The van der Waals surface area contributed by atoms with Gasteiger partial charge in [-0.05, 0) is 55.3 Å². The van der Waals surface area contributed by atoms with Crippen molar-refractivity contribution in [2.24, 2.45) is 0 Å². The molecule has 0 heterocycles. The van der Waals surface area contributed by atoms with Crippen molar-refractivity contribution in [3.63, 3.8) is 0 Å². The Hall–Kier alpha value is -2.86. The fourth-order valence-electron chi connectivity index (χ4n) is 2.38. The van der Waals surface area contributed by atoms with E-state index in [1.54, 1.807) is 31.4 Å². The predicted molar refractivity (Wildman–Crippen MR) is 104 cm³/mol. The van der Waals surface area contributed by atoms with Crippen molar-refractivity contribution in [2.45, 2.75) is 13.8 Å². The molecule has 0 aliphatic heterocycles. The highest BCUT2D eigenvalue weighted by molar-refractivity contribution is 5.96. The number of benzene rings is 2. The molecule has 6 heteroatoms. The molecule has 2 aromatic rings. The molecule has 0 fully saturated rings. The number of methoxy groups -OCH3 is 1. The fraction of sp³-hybridized carbons (Fsp3) is 0.300. The van der Waals surface area contributed by atoms with Crippen LogP contribution in [0.2, 0.25) is 0 Å². The Morgan fingerprint density at radius 3 is 2.46 bits per heavy atom. The molecule has 2 aromatic carbocycles. The molecule has 0 atom stereocenters. The van der Waals surface area contributed by atoms with E-state index in [-0.39, 0.29) is 18.4 Å². The van der Waals surface area contributed by atoms with Crippen molar-refractivity contribution in [1.29, 1.82) is 0 Å². The summed E-state index contributed by atoms with van der Waals surface area (Å²) in [7, 11) is 1.58. The van der Waals surface area contributed by atoms with Gasteiger partial charge in [0.1, 0.15) is 0 Å². The van der Waals surface area contributed by atoms with Crippen molar-refractivity contribution in [1.82, 2.24) is 5.32 Å². The smallest absolute Gasteiger partial charge is 0.251 e. The SMILES string of the molecule is COCCNC(=O)c1ccc(NC(=O)CNc2cc(C)ccc2C)cc1. The normalized spacial score (nSPS) is 10.3. The van der Waals surface area contributed by atoms with E-state index in [0.29, 0.717) is 24.4 Å². The first kappa shape index (κ1) is 19.5. The van der Waals surface area contributed by atoms with Gasteiger partial charge in [0, 0.05) is 30.6 Å². The van der Waals surface area contributed by atoms with Crippen LogP contribution in [0.25, 0.3) is 0 Å². The van der Waals surface area contributed by atoms with Gasteiger partial charge < -0.3 is 20.7 Å². The molecular formula is C20H25N3O3. The lowest BCUT2D eigenvalue weighted by Gasteiger charge is -2.11. The van der Waals surface area contributed by atoms with Gasteiger partial charge in [0.05, 0.1) is 13.2 Å². The summed E-state index contributed by atoms with van der Waals surface area (Å²) in [6.07, 6.45) is 0. The molecule has 0 saturated heterocycles. The van der Waals surface area contributed by atoms with Crippen LogP contribution < -0.4 is 16.0 Å². The van der Waals surface area contributed by atoms with Gasteiger partial charge in [-0.1, -0.05) is 12.1 Å². The van der Waals surface area contributed by atoms with Crippen LogP contribution in [0.3, 0.4) is 0 Å². The molecule has 0 bridgehead atoms. The van der Waals surface area contributed by atoms with Gasteiger partial charge in [-0.15, -0.1) is 0 Å². The molecule has 0 saturated carbocycles. The highest BCUT2D eigenvalue weighted by Gasteiger charge is 2.07. The number of amides is 2. The molecule has 2 rings (SSSR count). The van der Waals surface area contributed by atoms with E-state index < -0.39 is 0 Å². The number of carbonyl (C=O) groups is 2. The van der Waals surface area contributed by atoms with Crippen molar-refractivity contribution >= 4 is 23.2 Å². The first-order valence-electron chi connectivity index (χ1n) is 8.48. The summed E-state index contributed by atoms with van der Waals surface area (Å²) < 4.78 is 4.89. The number of aryl methyl sites for hydroxylation is 2. The molecule has 0 aromatic heterocycles. The standard InChI is InChI=1S/C20H25N3O3/c1-14-4-5-15(2)18(12-14)22-13-19(24)23-17-8-6-16(7-9-17)20(25)21-10-11-26-3/h4-9,12,22H,10-11,13H2,1-3H3,(H,21,25)(H,23,24). The van der Waals surface area contributed by atoms with E-state index in [9.17, 15) is 9.59 Å². The van der Waals surface area contributed by atoms with Crippen LogP contribution in [-0.2, 0) is 9.53 Å². The number of carbonyl (C=O) groups excluding carboxylic acids is 2. The van der Waals surface area contributed by atoms with Gasteiger partial charge in [0.15, 0.2) is 0 Å². The molecule has 0 aliphatic carbocycles. The second-order valence-corrected chi connectivity index (χ2v) is 6.05. The van der Waals surface area contributed by atoms with E-state index in [1.807, 2.05) is 32.0 Å². The minimum absolute atomic E-state index is 0.150. The summed E-state index contributed by atoms with van der Waals surface area (Å²) in [5, 5.41) is 8.70. The summed E-state index contributed by atoms with van der Waals surface area (Å²) in [5.41, 5.74) is 4.35. The number of ether oxygens (including phenoxy) is 1. The van der Waals surface area contributed by atoms with Crippen molar-refractivity contribution in [2.75, 3.05) is 37.4 Å². The zero-order chi connectivity index (χ0) is 18.9. The van der Waals surface area contributed by atoms with Crippen molar-refractivity contribution < 1.29 is 14.3 Å². The Kier molecular flexibility index (Phi) is 7.17. The number of hydrogen-bond acceptors (Lipinski definition) is 4. The van der Waals surface area contributed by atoms with Gasteiger partial charge >= 0.3 is 0 Å². The quantitative estimate of drug-likeness (QED) is 0.636. The van der Waals surface area contributed by atoms with Crippen LogP contribution in [0.1, 0.15) is 21.5 Å². The summed E-state index contributed by atoms with van der Waals surface area (Å²) in [4.78, 5) is 24.0. The monoisotopic (exact) mass is 355 g/mol. The van der Waals surface area contributed by atoms with Gasteiger partial charge in [-0.3, -0.25) is 9.59 Å². The molecule has 138 valence electrons. The summed E-state index contributed by atoms with van der Waals surface area (Å²) in [6.45, 7) is 5.10. The van der Waals surface area contributed by atoms with Gasteiger partial charge in [-0.25, -0.2) is 0 Å². The zero-order valence-electron chi connectivity index (χ0n) is 15.4. The van der Waals surface area contributed by atoms with Gasteiger partial charge in [-0.2, -0.15) is 0 Å². The summed E-state index contributed by atoms with van der Waals surface area (Å²) in [6, 6.07) is 12.8. The Morgan fingerprint density at radius 2 is 1.77 bits per heavy atom. The molecule has 6 nitrogen and oxygen atoms in total. The molecule has 0 radical (unpaired) electrons. The second kappa shape index (κ2) is 9.58. The zero-order valence-corrected chi connectivity index (χ0v) is 15.4. The van der Waals surface area contributed by atoms with Crippen LogP contribution in [0.5, 0.6) is 0 Å². The van der Waals surface area contributed by atoms with Crippen LogP contribution in [-0.4, -0.2) is 38.6 Å². The second-order valence-electron chi connectivity index (χ2n) is 6.05. The van der Waals surface area contributed by atoms with Gasteiger partial charge in [0.2, 0.25) is 5.91 Å². The fourth-order valence-corrected chi connectivity index (χ4v) is 2.38. The van der Waals surface area contributed by atoms with Crippen LogP contribution in [0, 0.1) is 13.8 Å². The maximum absolute atomic E-state index is 12.1. The lowest BCUT2D eigenvalue weighted by molar-refractivity contribution is -0.114. The van der Waals surface area contributed by atoms with E-state index in [2.05, 4.69) is 16.0 Å². The minimum atomic E-state index is -0.170. The molecular weight excluding hydrogens is 330 g/mol. The maximum Gasteiger partial charge on any atom is 0.251 e. The highest BCUT2D eigenvalue weighted by atomic mass is 16.5. The molecule has 0 spiro atoms. The Morgan fingerprint density at radius 1 is 1.04 bits per heavy atom. The van der Waals surface area contributed by atoms with Crippen LogP contribution in [0.4, 0.5) is 11.4 Å². The first-order valence-corrected chi connectivity index (χ1v) is 8.48. The van der Waals surface area contributed by atoms with Gasteiger partial charge in [0.25, 0.3) is 5.91 Å². The lowest BCUT2D eigenvalue weighted by Crippen LogP contribution is -2.27. The van der Waals surface area contributed by atoms with Crippen molar-refractivity contribution in [3.05, 3.63) is 59.2 Å². The number of nitrogens with one attached hydrogen (secondary N) is 3. The van der Waals surface area contributed by atoms with Crippen molar-refractivity contribution in [3.8, 4) is 0 Å². The van der Waals surface area contributed by atoms with E-state index in [0.717, 1.165) is 16.8 Å². The number of hydrogen-bond donors (Lipinski definition) is 3. The summed E-state index contributed by atoms with van der Waals surface area (Å²) in [5.74, 6) is -0.320. The van der Waals surface area contributed by atoms with E-state index >= 15 is 0 Å². The molecule has 3 N–H and O–H groups in total. The third-order valence-electron chi connectivity index (χ3n) is 3.86. The molecule has 0 unspecified atom stereocenters. The Bertz CT molecular complexity index is 757. The molecule has 26 heavy (non-hydrogen) atoms. The highest BCUT2D eigenvalue weighted by Crippen LogP contribution is 2.16. The Balaban J connectivity index is 1.85. The minimum Gasteiger partial charge on any atom is -0.383 e. The van der Waals surface area contributed by atoms with Crippen LogP contribution in [0.15, 0.2) is 42.5 Å². The van der Waals surface area contributed by atoms with E-state index in [1.165, 1.54) is 0 Å². The van der Waals surface area contributed by atoms with E-state index in [4.69, 9.17) is 4.74 Å². The molecule has 0 aliphatic rings. The third kappa shape index (κ3) is 5.89. The largest absolute Gasteiger partial charge is 0.383 e. The topological polar surface area (TPSA) is 79.5 Å². The molecule has 2 amide bonds. The Labute approximate surface area is 153 Å². The number of anilines is 2. The predicted octanol–water partition coefficient (Wildman–Crippen LogP) is 2.73. The third-order valence-corrected chi connectivity index (χ3v) is 3.86. The maximum atomic E-state index is 12.1. The average Bonchev–Trinajstić information content (AvgIpc) is 2.63. The van der Waals surface area contributed by atoms with Crippen LogP contribution >= 0.6 is 0 Å². The lowest BCUT2D eigenvalue weighted by atomic mass is 10.1. The first-order chi connectivity index (χ1) is 12.5. The summed E-state index contributed by atoms with van der Waals surface area (Å²) >= 11 is 0.